The van der Waals surface area contributed by atoms with E-state index in [1.165, 1.54) is 17.4 Å². The highest BCUT2D eigenvalue weighted by molar-refractivity contribution is 7.91. The Morgan fingerprint density at radius 2 is 2.25 bits per heavy atom. The molecule has 0 saturated carbocycles. The molecule has 0 spiro atoms. The Labute approximate surface area is 144 Å². The molecule has 0 radical (unpaired) electrons. The highest BCUT2D eigenvalue weighted by Crippen LogP contribution is 2.32. The first-order chi connectivity index (χ1) is 11.4. The van der Waals surface area contributed by atoms with E-state index in [4.69, 9.17) is 0 Å². The van der Waals surface area contributed by atoms with Gasteiger partial charge in [-0.25, -0.2) is 13.4 Å². The molecule has 2 aromatic rings. The maximum atomic E-state index is 12.8. The zero-order valence-electron chi connectivity index (χ0n) is 13.5. The third kappa shape index (κ3) is 3.50. The zero-order chi connectivity index (χ0) is 17.3. The summed E-state index contributed by atoms with van der Waals surface area (Å²) in [7, 11) is -1.76. The summed E-state index contributed by atoms with van der Waals surface area (Å²) in [6.45, 7) is 2.25. The first kappa shape index (κ1) is 17.1. The lowest BCUT2D eigenvalue weighted by Crippen LogP contribution is -2.38. The Morgan fingerprint density at radius 1 is 1.46 bits per heavy atom. The van der Waals surface area contributed by atoms with E-state index in [-0.39, 0.29) is 16.0 Å². The van der Waals surface area contributed by atoms with Crippen LogP contribution in [0.25, 0.3) is 0 Å². The van der Waals surface area contributed by atoms with Crippen LogP contribution in [-0.2, 0) is 21.9 Å². The molecule has 8 nitrogen and oxygen atoms in total. The number of rotatable bonds is 4. The summed E-state index contributed by atoms with van der Waals surface area (Å²) in [4.78, 5) is 15.0. The fourth-order valence-electron chi connectivity index (χ4n) is 2.77. The lowest BCUT2D eigenvalue weighted by Gasteiger charge is -2.30. The molecule has 1 aliphatic heterocycles. The molecule has 0 aromatic carbocycles. The fourth-order valence-corrected chi connectivity index (χ4v) is 5.52. The van der Waals surface area contributed by atoms with E-state index in [1.807, 2.05) is 19.3 Å². The van der Waals surface area contributed by atoms with Crippen LogP contribution in [0.3, 0.4) is 0 Å². The largest absolute Gasteiger partial charge is 0.302 e. The number of carbonyl (C=O) groups excluding carboxylic acids is 1. The van der Waals surface area contributed by atoms with Crippen molar-refractivity contribution in [3.05, 3.63) is 24.2 Å². The molecule has 3 heterocycles. The summed E-state index contributed by atoms with van der Waals surface area (Å²) >= 11 is 0.971. The average Bonchev–Trinajstić information content (AvgIpc) is 3.16. The van der Waals surface area contributed by atoms with Crippen LogP contribution in [0.4, 0.5) is 5.13 Å². The van der Waals surface area contributed by atoms with Gasteiger partial charge < -0.3 is 5.32 Å². The Kier molecular flexibility index (Phi) is 4.70. The van der Waals surface area contributed by atoms with E-state index in [2.05, 4.69) is 15.4 Å². The first-order valence-electron chi connectivity index (χ1n) is 7.59. The summed E-state index contributed by atoms with van der Waals surface area (Å²) in [5, 5.41) is 7.20. The van der Waals surface area contributed by atoms with Gasteiger partial charge in [-0.05, 0) is 18.9 Å². The molecule has 1 amide bonds. The van der Waals surface area contributed by atoms with Crippen molar-refractivity contribution in [1.82, 2.24) is 19.1 Å². The average molecular weight is 369 g/mol. The number of amides is 1. The van der Waals surface area contributed by atoms with Crippen LogP contribution in [0, 0.1) is 0 Å². The molecule has 0 bridgehead atoms. The Bertz CT molecular complexity index is 842. The van der Waals surface area contributed by atoms with Gasteiger partial charge in [0.2, 0.25) is 5.91 Å². The fraction of sp³-hybridized carbons (Fsp3) is 0.500. The van der Waals surface area contributed by atoms with Crippen LogP contribution in [0.1, 0.15) is 31.4 Å². The Balaban J connectivity index is 1.78. The zero-order valence-corrected chi connectivity index (χ0v) is 15.1. The van der Waals surface area contributed by atoms with Gasteiger partial charge in [0.05, 0.1) is 11.9 Å². The number of nitrogens with zero attached hydrogens (tertiary/aromatic N) is 4. The third-order valence-corrected chi connectivity index (χ3v) is 7.11. The van der Waals surface area contributed by atoms with E-state index < -0.39 is 10.0 Å². The number of hydrogen-bond acceptors (Lipinski definition) is 6. The predicted octanol–water partition coefficient (Wildman–Crippen LogP) is 1.40. The van der Waals surface area contributed by atoms with Crippen molar-refractivity contribution in [3.8, 4) is 0 Å². The van der Waals surface area contributed by atoms with Gasteiger partial charge in [0.15, 0.2) is 9.34 Å². The molecular weight excluding hydrogens is 350 g/mol. The van der Waals surface area contributed by atoms with Gasteiger partial charge in [-0.3, -0.25) is 9.48 Å². The van der Waals surface area contributed by atoms with Crippen molar-refractivity contribution in [2.24, 2.45) is 7.05 Å². The minimum absolute atomic E-state index is 0.0949. The number of thiazole rings is 1. The molecule has 1 N–H and O–H groups in total. The Hall–Kier alpha value is -1.78. The SMILES string of the molecule is CC(=O)Nc1ncc(S(=O)(=O)N2CCCC(c3ccn(C)n3)C2)s1. The topological polar surface area (TPSA) is 97.2 Å². The maximum absolute atomic E-state index is 12.8. The van der Waals surface area contributed by atoms with Crippen molar-refractivity contribution in [2.75, 3.05) is 18.4 Å². The predicted molar refractivity (Wildman–Crippen MR) is 90.4 cm³/mol. The molecule has 24 heavy (non-hydrogen) atoms. The summed E-state index contributed by atoms with van der Waals surface area (Å²) in [6.07, 6.45) is 4.88. The van der Waals surface area contributed by atoms with E-state index in [9.17, 15) is 13.2 Å². The van der Waals surface area contributed by atoms with Crippen LogP contribution in [0.2, 0.25) is 0 Å². The second-order valence-corrected chi connectivity index (χ2v) is 8.98. The van der Waals surface area contributed by atoms with E-state index in [1.54, 1.807) is 4.68 Å². The van der Waals surface area contributed by atoms with Gasteiger partial charge >= 0.3 is 0 Å². The molecule has 1 aliphatic rings. The highest BCUT2D eigenvalue weighted by Gasteiger charge is 2.33. The second-order valence-electron chi connectivity index (χ2n) is 5.78. The monoisotopic (exact) mass is 369 g/mol. The number of carbonyl (C=O) groups is 1. The van der Waals surface area contributed by atoms with Crippen molar-refractivity contribution < 1.29 is 13.2 Å². The van der Waals surface area contributed by atoms with Crippen LogP contribution >= 0.6 is 11.3 Å². The number of aromatic nitrogens is 3. The van der Waals surface area contributed by atoms with Crippen LogP contribution < -0.4 is 5.32 Å². The molecule has 2 aromatic heterocycles. The molecule has 1 atom stereocenters. The third-order valence-electron chi connectivity index (χ3n) is 3.90. The summed E-state index contributed by atoms with van der Waals surface area (Å²) < 4.78 is 29.0. The highest BCUT2D eigenvalue weighted by atomic mass is 32.2. The number of hydrogen-bond donors (Lipinski definition) is 1. The Morgan fingerprint density at radius 3 is 2.92 bits per heavy atom. The number of nitrogens with one attached hydrogen (secondary N) is 1. The number of aryl methyl sites for hydroxylation is 1. The van der Waals surface area contributed by atoms with Gasteiger partial charge in [-0.1, -0.05) is 11.3 Å². The van der Waals surface area contributed by atoms with Gasteiger partial charge in [0.25, 0.3) is 10.0 Å². The lowest BCUT2D eigenvalue weighted by atomic mass is 9.96. The van der Waals surface area contributed by atoms with Gasteiger partial charge in [-0.15, -0.1) is 0 Å². The quantitative estimate of drug-likeness (QED) is 0.879. The molecule has 1 fully saturated rings. The van der Waals surface area contributed by atoms with E-state index in [0.29, 0.717) is 18.2 Å². The van der Waals surface area contributed by atoms with Crippen LogP contribution in [0.15, 0.2) is 22.7 Å². The molecular formula is C14H19N5O3S2. The van der Waals surface area contributed by atoms with Crippen molar-refractivity contribution in [3.63, 3.8) is 0 Å². The molecule has 3 rings (SSSR count). The van der Waals surface area contributed by atoms with Crippen molar-refractivity contribution >= 4 is 32.4 Å². The standard InChI is InChI=1S/C14H19N5O3S2/c1-10(20)16-14-15-8-13(23-14)24(21,22)19-6-3-4-11(9-19)12-5-7-18(2)17-12/h5,7-8,11H,3-4,6,9H2,1-2H3,(H,15,16,20). The minimum atomic E-state index is -3.61. The van der Waals surface area contributed by atoms with Crippen molar-refractivity contribution in [1.29, 1.82) is 0 Å². The van der Waals surface area contributed by atoms with Gasteiger partial charge in [-0.2, -0.15) is 9.40 Å². The maximum Gasteiger partial charge on any atom is 0.254 e. The summed E-state index contributed by atoms with van der Waals surface area (Å²) in [6, 6.07) is 1.93. The normalized spacial score (nSPS) is 19.3. The second kappa shape index (κ2) is 6.61. The van der Waals surface area contributed by atoms with E-state index in [0.717, 1.165) is 29.9 Å². The van der Waals surface area contributed by atoms with Crippen LogP contribution in [0.5, 0.6) is 0 Å². The molecule has 0 aliphatic carbocycles. The smallest absolute Gasteiger partial charge is 0.254 e. The summed E-state index contributed by atoms with van der Waals surface area (Å²) in [5.41, 5.74) is 0.917. The number of sulfonamides is 1. The molecule has 1 saturated heterocycles. The van der Waals surface area contributed by atoms with Gasteiger partial charge in [0, 0.05) is 39.2 Å². The lowest BCUT2D eigenvalue weighted by molar-refractivity contribution is -0.114. The molecule has 1 unspecified atom stereocenters. The van der Waals surface area contributed by atoms with Gasteiger partial charge in [0.1, 0.15) is 0 Å². The van der Waals surface area contributed by atoms with E-state index >= 15 is 0 Å². The first-order valence-corrected chi connectivity index (χ1v) is 9.85. The molecule has 10 heteroatoms. The molecule has 130 valence electrons. The number of piperidine rings is 1. The van der Waals surface area contributed by atoms with Crippen LogP contribution in [-0.4, -0.2) is 46.5 Å². The van der Waals surface area contributed by atoms with Crippen molar-refractivity contribution in [2.45, 2.75) is 29.9 Å². The minimum Gasteiger partial charge on any atom is -0.302 e. The number of anilines is 1. The summed E-state index contributed by atoms with van der Waals surface area (Å²) in [5.74, 6) is -0.182.